The van der Waals surface area contributed by atoms with E-state index in [1.807, 2.05) is 13.8 Å². The smallest absolute Gasteiger partial charge is 0.241 e. The van der Waals surface area contributed by atoms with Gasteiger partial charge in [0, 0.05) is 18.5 Å². The summed E-state index contributed by atoms with van der Waals surface area (Å²) in [5.41, 5.74) is 0. The molecule has 1 saturated heterocycles. The first-order chi connectivity index (χ1) is 8.38. The molecule has 1 fully saturated rings. The topological polar surface area (TPSA) is 75.7 Å². The summed E-state index contributed by atoms with van der Waals surface area (Å²) < 4.78 is 30.4. The Hall–Kier alpha value is -0.370. The van der Waals surface area contributed by atoms with Crippen LogP contribution in [-0.2, 0) is 19.6 Å². The first kappa shape index (κ1) is 15.7. The third-order valence-corrected chi connectivity index (χ3v) is 4.79. The summed E-state index contributed by atoms with van der Waals surface area (Å²) in [5.74, 6) is -0.485. The number of nitrogens with one attached hydrogen (secondary N) is 1. The van der Waals surface area contributed by atoms with Gasteiger partial charge in [-0.2, -0.15) is 4.31 Å². The minimum Gasteiger partial charge on any atom is -0.378 e. The van der Waals surface area contributed by atoms with Crippen LogP contribution >= 0.6 is 11.6 Å². The third-order valence-electron chi connectivity index (χ3n) is 2.51. The number of halogens is 1. The van der Waals surface area contributed by atoms with Crippen LogP contribution in [0, 0.1) is 0 Å². The van der Waals surface area contributed by atoms with Gasteiger partial charge in [-0.25, -0.2) is 8.42 Å². The van der Waals surface area contributed by atoms with Crippen molar-refractivity contribution in [1.29, 1.82) is 0 Å². The second-order valence-electron chi connectivity index (χ2n) is 4.37. The molecule has 106 valence electrons. The van der Waals surface area contributed by atoms with Gasteiger partial charge in [0.25, 0.3) is 0 Å². The fourth-order valence-corrected chi connectivity index (χ4v) is 3.63. The van der Waals surface area contributed by atoms with Gasteiger partial charge in [0.05, 0.1) is 19.0 Å². The average Bonchev–Trinajstić information content (AvgIpc) is 2.28. The Bertz CT molecular complexity index is 385. The van der Waals surface area contributed by atoms with E-state index < -0.39 is 16.1 Å². The summed E-state index contributed by atoms with van der Waals surface area (Å²) in [7, 11) is -3.50. The normalized spacial score (nSPS) is 22.1. The van der Waals surface area contributed by atoms with Crippen LogP contribution in [0.15, 0.2) is 0 Å². The number of sulfonamides is 1. The molecule has 1 atom stereocenters. The highest BCUT2D eigenvalue weighted by Crippen LogP contribution is 2.14. The number of nitrogens with zero attached hydrogens (tertiary/aromatic N) is 1. The second kappa shape index (κ2) is 6.70. The van der Waals surface area contributed by atoms with Crippen molar-refractivity contribution in [2.75, 3.05) is 31.4 Å². The molecule has 8 heteroatoms. The van der Waals surface area contributed by atoms with Gasteiger partial charge in [-0.3, -0.25) is 4.79 Å². The summed E-state index contributed by atoms with van der Waals surface area (Å²) in [6.45, 7) is 4.21. The van der Waals surface area contributed by atoms with Gasteiger partial charge in [0.1, 0.15) is 6.04 Å². The predicted molar refractivity (Wildman–Crippen MR) is 69.1 cm³/mol. The number of carbonyl (C=O) groups is 1. The van der Waals surface area contributed by atoms with Gasteiger partial charge in [-0.15, -0.1) is 11.6 Å². The van der Waals surface area contributed by atoms with E-state index in [-0.39, 0.29) is 36.7 Å². The summed E-state index contributed by atoms with van der Waals surface area (Å²) in [6, 6.07) is -0.841. The van der Waals surface area contributed by atoms with Crippen molar-refractivity contribution in [3.8, 4) is 0 Å². The highest BCUT2D eigenvalue weighted by molar-refractivity contribution is 7.89. The lowest BCUT2D eigenvalue weighted by atomic mass is 10.2. The molecule has 0 aromatic rings. The van der Waals surface area contributed by atoms with Crippen LogP contribution in [0.5, 0.6) is 0 Å². The minimum atomic E-state index is -3.50. The van der Waals surface area contributed by atoms with Crippen LogP contribution in [0.2, 0.25) is 0 Å². The molecule has 1 rings (SSSR count). The second-order valence-corrected chi connectivity index (χ2v) is 6.79. The van der Waals surface area contributed by atoms with Crippen molar-refractivity contribution >= 4 is 27.5 Å². The van der Waals surface area contributed by atoms with E-state index in [9.17, 15) is 13.2 Å². The standard InChI is InChI=1S/C10H19ClN2O4S/c1-8(2)12-10(14)9-7-17-5-4-13(9)18(15,16)6-3-11/h8-9H,3-7H2,1-2H3,(H,12,14). The molecule has 1 amide bonds. The largest absolute Gasteiger partial charge is 0.378 e. The maximum absolute atomic E-state index is 12.0. The van der Waals surface area contributed by atoms with Crippen molar-refractivity contribution < 1.29 is 17.9 Å². The molecule has 0 aromatic heterocycles. The first-order valence-electron chi connectivity index (χ1n) is 5.82. The Morgan fingerprint density at radius 1 is 1.56 bits per heavy atom. The van der Waals surface area contributed by atoms with E-state index in [0.29, 0.717) is 6.61 Å². The van der Waals surface area contributed by atoms with Crippen molar-refractivity contribution in [2.24, 2.45) is 0 Å². The molecule has 1 aliphatic rings. The Kier molecular flexibility index (Phi) is 5.84. The van der Waals surface area contributed by atoms with E-state index in [4.69, 9.17) is 16.3 Å². The molecule has 0 bridgehead atoms. The Labute approximate surface area is 113 Å². The summed E-state index contributed by atoms with van der Waals surface area (Å²) in [5, 5.41) is 2.70. The van der Waals surface area contributed by atoms with Gasteiger partial charge in [-0.05, 0) is 13.8 Å². The quantitative estimate of drug-likeness (QED) is 0.712. The molecule has 1 N–H and O–H groups in total. The fraction of sp³-hybridized carbons (Fsp3) is 0.900. The van der Waals surface area contributed by atoms with Gasteiger partial charge >= 0.3 is 0 Å². The van der Waals surface area contributed by atoms with Gasteiger partial charge in [-0.1, -0.05) is 0 Å². The van der Waals surface area contributed by atoms with Gasteiger partial charge in [0.2, 0.25) is 15.9 Å². The number of alkyl halides is 1. The monoisotopic (exact) mass is 298 g/mol. The Balaban J connectivity index is 2.83. The van der Waals surface area contributed by atoms with Gasteiger partial charge < -0.3 is 10.1 Å². The summed E-state index contributed by atoms with van der Waals surface area (Å²) in [6.07, 6.45) is 0. The molecule has 1 aliphatic heterocycles. The number of hydrogen-bond acceptors (Lipinski definition) is 4. The third kappa shape index (κ3) is 4.08. The molecular formula is C10H19ClN2O4S. The highest BCUT2D eigenvalue weighted by Gasteiger charge is 2.37. The van der Waals surface area contributed by atoms with E-state index in [2.05, 4.69) is 5.32 Å². The zero-order valence-corrected chi connectivity index (χ0v) is 12.1. The number of carbonyl (C=O) groups excluding carboxylic acids is 1. The molecule has 6 nitrogen and oxygen atoms in total. The molecule has 18 heavy (non-hydrogen) atoms. The average molecular weight is 299 g/mol. The van der Waals surface area contributed by atoms with Crippen LogP contribution in [0.25, 0.3) is 0 Å². The van der Waals surface area contributed by atoms with Crippen LogP contribution < -0.4 is 5.32 Å². The Morgan fingerprint density at radius 3 is 2.78 bits per heavy atom. The Morgan fingerprint density at radius 2 is 2.22 bits per heavy atom. The molecule has 0 radical (unpaired) electrons. The highest BCUT2D eigenvalue weighted by atomic mass is 35.5. The van der Waals surface area contributed by atoms with Crippen LogP contribution in [0.1, 0.15) is 13.8 Å². The number of ether oxygens (including phenoxy) is 1. The van der Waals surface area contributed by atoms with Crippen LogP contribution in [0.3, 0.4) is 0 Å². The molecule has 1 unspecified atom stereocenters. The van der Waals surface area contributed by atoms with Crippen molar-refractivity contribution in [1.82, 2.24) is 9.62 Å². The van der Waals surface area contributed by atoms with E-state index >= 15 is 0 Å². The maximum atomic E-state index is 12.0. The summed E-state index contributed by atoms with van der Waals surface area (Å²) in [4.78, 5) is 11.9. The summed E-state index contributed by atoms with van der Waals surface area (Å²) >= 11 is 5.48. The molecule has 0 aliphatic carbocycles. The number of rotatable bonds is 5. The van der Waals surface area contributed by atoms with E-state index in [1.54, 1.807) is 0 Å². The van der Waals surface area contributed by atoms with Crippen molar-refractivity contribution in [3.63, 3.8) is 0 Å². The van der Waals surface area contributed by atoms with E-state index in [0.717, 1.165) is 0 Å². The zero-order valence-electron chi connectivity index (χ0n) is 10.6. The van der Waals surface area contributed by atoms with Crippen LogP contribution in [0.4, 0.5) is 0 Å². The van der Waals surface area contributed by atoms with Crippen LogP contribution in [-0.4, -0.2) is 62.1 Å². The number of hydrogen-bond donors (Lipinski definition) is 1. The van der Waals surface area contributed by atoms with Gasteiger partial charge in [0.15, 0.2) is 0 Å². The molecular weight excluding hydrogens is 280 g/mol. The first-order valence-corrected chi connectivity index (χ1v) is 7.96. The molecule has 1 heterocycles. The SMILES string of the molecule is CC(C)NC(=O)C1COCCN1S(=O)(=O)CCCl. The van der Waals surface area contributed by atoms with Crippen molar-refractivity contribution in [3.05, 3.63) is 0 Å². The number of morpholine rings is 1. The maximum Gasteiger partial charge on any atom is 0.241 e. The fourth-order valence-electron chi connectivity index (χ4n) is 1.72. The lowest BCUT2D eigenvalue weighted by Gasteiger charge is -2.33. The molecule has 0 saturated carbocycles. The minimum absolute atomic E-state index is 0.0121. The number of amides is 1. The zero-order chi connectivity index (χ0) is 13.8. The predicted octanol–water partition coefficient (Wildman–Crippen LogP) is -0.220. The lowest BCUT2D eigenvalue weighted by molar-refractivity contribution is -0.129. The molecule has 0 aromatic carbocycles. The molecule has 0 spiro atoms. The van der Waals surface area contributed by atoms with Crippen molar-refractivity contribution in [2.45, 2.75) is 25.9 Å². The lowest BCUT2D eigenvalue weighted by Crippen LogP contribution is -2.57. The van der Waals surface area contributed by atoms with E-state index in [1.165, 1.54) is 4.31 Å².